The smallest absolute Gasteiger partial charge is 0.280 e. The van der Waals surface area contributed by atoms with E-state index in [1.807, 2.05) is 30.9 Å². The summed E-state index contributed by atoms with van der Waals surface area (Å²) < 4.78 is 28.5. The van der Waals surface area contributed by atoms with Crippen LogP contribution in [0.1, 0.15) is 70.9 Å². The number of benzene rings is 1. The van der Waals surface area contributed by atoms with Crippen molar-refractivity contribution in [3.8, 4) is 0 Å². The summed E-state index contributed by atoms with van der Waals surface area (Å²) in [6, 6.07) is 7.49. The molecular formula is C22H23F2N5O. The molecule has 8 heteroatoms. The molecule has 2 bridgehead atoms. The van der Waals surface area contributed by atoms with Gasteiger partial charge in [-0.05, 0) is 57.7 Å². The van der Waals surface area contributed by atoms with Crippen LogP contribution in [0.4, 0.5) is 8.78 Å². The van der Waals surface area contributed by atoms with Crippen LogP contribution in [0.2, 0.25) is 0 Å². The molecule has 2 fully saturated rings. The van der Waals surface area contributed by atoms with Crippen molar-refractivity contribution < 1.29 is 13.6 Å². The van der Waals surface area contributed by atoms with Crippen molar-refractivity contribution in [3.63, 3.8) is 0 Å². The molecule has 3 atom stereocenters. The molecule has 0 saturated carbocycles. The van der Waals surface area contributed by atoms with Gasteiger partial charge in [0.2, 0.25) is 0 Å². The van der Waals surface area contributed by atoms with Gasteiger partial charge in [0.05, 0.1) is 5.69 Å². The molecule has 0 unspecified atom stereocenters. The van der Waals surface area contributed by atoms with Crippen LogP contribution in [0.15, 0.2) is 30.6 Å². The van der Waals surface area contributed by atoms with Gasteiger partial charge < -0.3 is 4.90 Å². The van der Waals surface area contributed by atoms with Gasteiger partial charge in [-0.25, -0.2) is 18.3 Å². The lowest BCUT2D eigenvalue weighted by atomic mass is 9.86. The van der Waals surface area contributed by atoms with Crippen LogP contribution in [0, 0.1) is 13.8 Å². The van der Waals surface area contributed by atoms with Crippen molar-refractivity contribution in [3.05, 3.63) is 58.7 Å². The first-order valence-corrected chi connectivity index (χ1v) is 10.3. The number of aromatic nitrogens is 4. The standard InChI is InChI=1S/C22H23F2N5O/c1-12-7-13(2)9-14(8-12)21(30)28-15-3-5-16(18(28)6-4-15)19-10-17(20(23)24)27-22-25-11-26-29(19)22/h7-11,15-16,18,20H,3-6H2,1-2H3/t15-,16-,18-/m0/s1. The van der Waals surface area contributed by atoms with Crippen molar-refractivity contribution in [2.24, 2.45) is 0 Å². The largest absolute Gasteiger partial charge is 0.332 e. The van der Waals surface area contributed by atoms with Gasteiger partial charge in [-0.1, -0.05) is 17.2 Å². The van der Waals surface area contributed by atoms with Crippen LogP contribution in [0.3, 0.4) is 0 Å². The Morgan fingerprint density at radius 2 is 1.80 bits per heavy atom. The highest BCUT2D eigenvalue weighted by atomic mass is 19.3. The van der Waals surface area contributed by atoms with Gasteiger partial charge in [0.25, 0.3) is 18.1 Å². The van der Waals surface area contributed by atoms with Gasteiger partial charge in [-0.2, -0.15) is 10.1 Å². The highest BCUT2D eigenvalue weighted by Gasteiger charge is 2.46. The zero-order valence-electron chi connectivity index (χ0n) is 16.9. The van der Waals surface area contributed by atoms with Crippen molar-refractivity contribution in [2.45, 2.75) is 64.0 Å². The van der Waals surface area contributed by atoms with Crippen molar-refractivity contribution in [2.75, 3.05) is 0 Å². The lowest BCUT2D eigenvalue weighted by molar-refractivity contribution is 0.0553. The molecule has 0 spiro atoms. The maximum absolute atomic E-state index is 13.5. The van der Waals surface area contributed by atoms with E-state index in [1.54, 1.807) is 4.52 Å². The Hall–Kier alpha value is -2.90. The van der Waals surface area contributed by atoms with Gasteiger partial charge in [0, 0.05) is 23.6 Å². The average Bonchev–Trinajstić information content (AvgIpc) is 3.29. The summed E-state index contributed by atoms with van der Waals surface area (Å²) in [5.41, 5.74) is 3.17. The van der Waals surface area contributed by atoms with Crippen molar-refractivity contribution in [1.82, 2.24) is 24.5 Å². The van der Waals surface area contributed by atoms with Gasteiger partial charge in [0.1, 0.15) is 12.0 Å². The summed E-state index contributed by atoms with van der Waals surface area (Å²) in [6.45, 7) is 3.98. The lowest BCUT2D eigenvalue weighted by Crippen LogP contribution is -2.47. The summed E-state index contributed by atoms with van der Waals surface area (Å²) in [4.78, 5) is 23.4. The molecule has 4 heterocycles. The van der Waals surface area contributed by atoms with Gasteiger partial charge in [-0.3, -0.25) is 4.79 Å². The Labute approximate surface area is 172 Å². The number of nitrogens with zero attached hydrogens (tertiary/aromatic N) is 5. The number of hydrogen-bond donors (Lipinski definition) is 0. The summed E-state index contributed by atoms with van der Waals surface area (Å²) in [7, 11) is 0. The third kappa shape index (κ3) is 3.05. The highest BCUT2D eigenvalue weighted by Crippen LogP contribution is 2.45. The Morgan fingerprint density at radius 1 is 1.07 bits per heavy atom. The number of hydrogen-bond acceptors (Lipinski definition) is 4. The fourth-order valence-electron chi connectivity index (χ4n) is 5.29. The fourth-order valence-corrected chi connectivity index (χ4v) is 5.29. The first kappa shape index (κ1) is 19.1. The second-order valence-electron chi connectivity index (χ2n) is 8.45. The Bertz CT molecular complexity index is 1110. The van der Waals surface area contributed by atoms with Crippen LogP contribution in [0.25, 0.3) is 5.78 Å². The summed E-state index contributed by atoms with van der Waals surface area (Å²) in [5.74, 6) is 0.121. The third-order valence-electron chi connectivity index (χ3n) is 6.43. The molecule has 6 nitrogen and oxygen atoms in total. The molecule has 0 N–H and O–H groups in total. The Kier molecular flexibility index (Phi) is 4.52. The lowest BCUT2D eigenvalue weighted by Gasteiger charge is -2.40. The molecule has 3 aromatic rings. The highest BCUT2D eigenvalue weighted by molar-refractivity contribution is 5.95. The van der Waals surface area contributed by atoms with Gasteiger partial charge in [-0.15, -0.1) is 0 Å². The molecule has 5 rings (SSSR count). The maximum atomic E-state index is 13.5. The molecule has 1 amide bonds. The second kappa shape index (κ2) is 7.11. The van der Waals surface area contributed by atoms with E-state index in [0.29, 0.717) is 11.3 Å². The number of piperidine rings is 1. The van der Waals surface area contributed by atoms with E-state index in [9.17, 15) is 13.6 Å². The minimum Gasteiger partial charge on any atom is -0.332 e. The molecule has 2 saturated heterocycles. The first-order chi connectivity index (χ1) is 14.4. The summed E-state index contributed by atoms with van der Waals surface area (Å²) in [5, 5.41) is 4.22. The molecule has 2 aromatic heterocycles. The second-order valence-corrected chi connectivity index (χ2v) is 8.45. The topological polar surface area (TPSA) is 63.4 Å². The van der Waals surface area contributed by atoms with Crippen LogP contribution in [-0.2, 0) is 0 Å². The Balaban J connectivity index is 1.55. The number of alkyl halides is 2. The van der Waals surface area contributed by atoms with Crippen molar-refractivity contribution >= 4 is 11.7 Å². The predicted octanol–water partition coefficient (Wildman–Crippen LogP) is 4.23. The van der Waals surface area contributed by atoms with Crippen LogP contribution in [-0.4, -0.2) is 42.5 Å². The van der Waals surface area contributed by atoms with Crippen LogP contribution in [0.5, 0.6) is 0 Å². The van der Waals surface area contributed by atoms with E-state index in [4.69, 9.17) is 0 Å². The maximum Gasteiger partial charge on any atom is 0.280 e. The van der Waals surface area contributed by atoms with E-state index >= 15 is 0 Å². The SMILES string of the molecule is Cc1cc(C)cc(C(=O)N2[C@H]3CC[C@H](c4cc(C(F)F)nc5ncnn45)[C@@H]2CC3)c1. The minimum atomic E-state index is -2.68. The number of carbonyl (C=O) groups is 1. The molecule has 2 aliphatic heterocycles. The number of fused-ring (bicyclic) bond motifs is 3. The number of rotatable bonds is 3. The number of amides is 1. The third-order valence-corrected chi connectivity index (χ3v) is 6.43. The molecule has 1 aromatic carbocycles. The van der Waals surface area contributed by atoms with Gasteiger partial charge in [0.15, 0.2) is 0 Å². The average molecular weight is 411 g/mol. The quantitative estimate of drug-likeness (QED) is 0.647. The van der Waals surface area contributed by atoms with E-state index in [2.05, 4.69) is 21.1 Å². The number of halogens is 2. The van der Waals surface area contributed by atoms with Crippen molar-refractivity contribution in [1.29, 1.82) is 0 Å². The normalized spacial score (nSPS) is 23.5. The molecular weight excluding hydrogens is 388 g/mol. The molecule has 2 aliphatic rings. The molecule has 0 aliphatic carbocycles. The number of aryl methyl sites for hydroxylation is 2. The van der Waals surface area contributed by atoms with E-state index in [1.165, 1.54) is 12.4 Å². The molecule has 156 valence electrons. The first-order valence-electron chi connectivity index (χ1n) is 10.3. The number of carbonyl (C=O) groups excluding carboxylic acids is 1. The van der Waals surface area contributed by atoms with Gasteiger partial charge >= 0.3 is 0 Å². The summed E-state index contributed by atoms with van der Waals surface area (Å²) in [6.07, 6.45) is 2.12. The van der Waals surface area contributed by atoms with Crippen LogP contribution < -0.4 is 0 Å². The molecule has 30 heavy (non-hydrogen) atoms. The van der Waals surface area contributed by atoms with Crippen LogP contribution >= 0.6 is 0 Å². The summed E-state index contributed by atoms with van der Waals surface area (Å²) >= 11 is 0. The Morgan fingerprint density at radius 3 is 2.53 bits per heavy atom. The zero-order chi connectivity index (χ0) is 21.0. The van der Waals surface area contributed by atoms with E-state index in [0.717, 1.165) is 36.8 Å². The van der Waals surface area contributed by atoms with E-state index in [-0.39, 0.29) is 35.4 Å². The van der Waals surface area contributed by atoms with E-state index < -0.39 is 6.43 Å². The monoisotopic (exact) mass is 411 g/mol. The molecule has 0 radical (unpaired) electrons. The zero-order valence-corrected chi connectivity index (χ0v) is 16.9. The predicted molar refractivity (Wildman–Crippen MR) is 107 cm³/mol. The fraction of sp³-hybridized carbons (Fsp3) is 0.455. The minimum absolute atomic E-state index is 0.0250.